The number of ether oxygens (including phenoxy) is 2. The van der Waals surface area contributed by atoms with E-state index in [2.05, 4.69) is 15.3 Å². The molecule has 0 fully saturated rings. The number of nitrogens with zero attached hydrogens (tertiary/aromatic N) is 2. The monoisotopic (exact) mass is 321 g/mol. The standard InChI is InChI=1S/C18H15N3O3/c1-23-16-10-6-5-9-14(16)21-18(22)15-11-19-12-17(20-15)24-13-7-3-2-4-8-13/h2-12H,1H3,(H,21,22). The molecule has 6 heteroatoms. The largest absolute Gasteiger partial charge is 0.495 e. The molecular weight excluding hydrogens is 306 g/mol. The van der Waals surface area contributed by atoms with E-state index in [9.17, 15) is 4.79 Å². The van der Waals surface area contributed by atoms with Crippen molar-refractivity contribution in [1.29, 1.82) is 0 Å². The van der Waals surface area contributed by atoms with Crippen LogP contribution in [-0.4, -0.2) is 23.0 Å². The van der Waals surface area contributed by atoms with Crippen LogP contribution in [-0.2, 0) is 0 Å². The second-order valence-corrected chi connectivity index (χ2v) is 4.81. The number of rotatable bonds is 5. The van der Waals surface area contributed by atoms with Crippen molar-refractivity contribution in [2.75, 3.05) is 12.4 Å². The summed E-state index contributed by atoms with van der Waals surface area (Å²) in [4.78, 5) is 20.6. The molecular formula is C18H15N3O3. The number of anilines is 1. The maximum absolute atomic E-state index is 12.4. The first-order chi connectivity index (χ1) is 11.8. The highest BCUT2D eigenvalue weighted by atomic mass is 16.5. The molecule has 120 valence electrons. The van der Waals surface area contributed by atoms with Gasteiger partial charge in [-0.25, -0.2) is 4.98 Å². The smallest absolute Gasteiger partial charge is 0.276 e. The molecule has 0 aliphatic rings. The zero-order valence-corrected chi connectivity index (χ0v) is 13.0. The van der Waals surface area contributed by atoms with E-state index in [-0.39, 0.29) is 11.6 Å². The molecule has 0 aliphatic carbocycles. The van der Waals surface area contributed by atoms with E-state index in [4.69, 9.17) is 9.47 Å². The Hall–Kier alpha value is -3.41. The fourth-order valence-electron chi connectivity index (χ4n) is 2.05. The normalized spacial score (nSPS) is 10.0. The third-order valence-corrected chi connectivity index (χ3v) is 3.17. The number of hydrogen-bond donors (Lipinski definition) is 1. The van der Waals surface area contributed by atoms with Gasteiger partial charge in [0, 0.05) is 0 Å². The predicted molar refractivity (Wildman–Crippen MR) is 89.5 cm³/mol. The molecule has 0 aliphatic heterocycles. The van der Waals surface area contributed by atoms with Gasteiger partial charge in [-0.1, -0.05) is 30.3 Å². The Morgan fingerprint density at radius 2 is 1.75 bits per heavy atom. The molecule has 1 aromatic heterocycles. The molecule has 1 amide bonds. The van der Waals surface area contributed by atoms with Crippen molar-refractivity contribution in [3.8, 4) is 17.4 Å². The minimum atomic E-state index is -0.398. The summed E-state index contributed by atoms with van der Waals surface area (Å²) in [5.41, 5.74) is 0.704. The zero-order chi connectivity index (χ0) is 16.8. The quantitative estimate of drug-likeness (QED) is 0.778. The van der Waals surface area contributed by atoms with Crippen molar-refractivity contribution in [3.63, 3.8) is 0 Å². The molecule has 24 heavy (non-hydrogen) atoms. The van der Waals surface area contributed by atoms with Crippen LogP contribution in [0.15, 0.2) is 67.0 Å². The van der Waals surface area contributed by atoms with E-state index in [1.165, 1.54) is 12.4 Å². The van der Waals surface area contributed by atoms with Gasteiger partial charge in [-0.3, -0.25) is 9.78 Å². The van der Waals surface area contributed by atoms with Crippen LogP contribution in [0.4, 0.5) is 5.69 Å². The third-order valence-electron chi connectivity index (χ3n) is 3.17. The summed E-state index contributed by atoms with van der Waals surface area (Å²) in [6.07, 6.45) is 2.83. The summed E-state index contributed by atoms with van der Waals surface area (Å²) in [5.74, 6) is 1.03. The van der Waals surface area contributed by atoms with Crippen molar-refractivity contribution in [2.24, 2.45) is 0 Å². The lowest BCUT2D eigenvalue weighted by Gasteiger charge is -2.10. The number of carbonyl (C=O) groups excluding carboxylic acids is 1. The van der Waals surface area contributed by atoms with Gasteiger partial charge in [0.1, 0.15) is 11.5 Å². The average Bonchev–Trinajstić information content (AvgIpc) is 2.63. The van der Waals surface area contributed by atoms with Gasteiger partial charge in [-0.2, -0.15) is 0 Å². The molecule has 0 saturated heterocycles. The molecule has 0 saturated carbocycles. The molecule has 0 spiro atoms. The summed E-state index contributed by atoms with van der Waals surface area (Å²) in [5, 5.41) is 2.75. The number of para-hydroxylation sites is 3. The van der Waals surface area contributed by atoms with Crippen LogP contribution in [0.3, 0.4) is 0 Å². The summed E-state index contributed by atoms with van der Waals surface area (Å²) in [7, 11) is 1.54. The topological polar surface area (TPSA) is 73.3 Å². The summed E-state index contributed by atoms with van der Waals surface area (Å²) < 4.78 is 10.8. The van der Waals surface area contributed by atoms with Crippen molar-refractivity contribution < 1.29 is 14.3 Å². The van der Waals surface area contributed by atoms with Crippen molar-refractivity contribution in [2.45, 2.75) is 0 Å². The van der Waals surface area contributed by atoms with E-state index in [0.717, 1.165) is 0 Å². The Morgan fingerprint density at radius 3 is 2.54 bits per heavy atom. The first kappa shape index (κ1) is 15.5. The van der Waals surface area contributed by atoms with E-state index in [1.807, 2.05) is 24.3 Å². The molecule has 0 unspecified atom stereocenters. The second kappa shape index (κ2) is 7.23. The number of benzene rings is 2. The van der Waals surface area contributed by atoms with E-state index >= 15 is 0 Å². The molecule has 0 radical (unpaired) electrons. The second-order valence-electron chi connectivity index (χ2n) is 4.81. The Labute approximate surface area is 139 Å². The lowest BCUT2D eigenvalue weighted by molar-refractivity contribution is 0.102. The van der Waals surface area contributed by atoms with Gasteiger partial charge in [0.05, 0.1) is 25.2 Å². The zero-order valence-electron chi connectivity index (χ0n) is 13.0. The van der Waals surface area contributed by atoms with Crippen molar-refractivity contribution >= 4 is 11.6 Å². The van der Waals surface area contributed by atoms with Gasteiger partial charge < -0.3 is 14.8 Å². The Kier molecular flexibility index (Phi) is 4.67. The lowest BCUT2D eigenvalue weighted by atomic mass is 10.3. The maximum Gasteiger partial charge on any atom is 0.276 e. The lowest BCUT2D eigenvalue weighted by Crippen LogP contribution is -2.14. The SMILES string of the molecule is COc1ccccc1NC(=O)c1cncc(Oc2ccccc2)n1. The molecule has 0 bridgehead atoms. The fraction of sp³-hybridized carbons (Fsp3) is 0.0556. The van der Waals surface area contributed by atoms with Gasteiger partial charge in [0.25, 0.3) is 5.91 Å². The molecule has 3 aromatic rings. The minimum Gasteiger partial charge on any atom is -0.495 e. The van der Waals surface area contributed by atoms with Crippen molar-refractivity contribution in [3.05, 3.63) is 72.7 Å². The van der Waals surface area contributed by atoms with Crippen LogP contribution >= 0.6 is 0 Å². The number of methoxy groups -OCH3 is 1. The van der Waals surface area contributed by atoms with Crippen LogP contribution in [0.1, 0.15) is 10.5 Å². The van der Waals surface area contributed by atoms with Crippen LogP contribution in [0.5, 0.6) is 17.4 Å². The first-order valence-electron chi connectivity index (χ1n) is 7.25. The van der Waals surface area contributed by atoms with Crippen LogP contribution in [0.25, 0.3) is 0 Å². The molecule has 6 nitrogen and oxygen atoms in total. The first-order valence-corrected chi connectivity index (χ1v) is 7.25. The van der Waals surface area contributed by atoms with Gasteiger partial charge in [-0.05, 0) is 24.3 Å². The molecule has 1 heterocycles. The maximum atomic E-state index is 12.4. The number of aromatic nitrogens is 2. The third kappa shape index (κ3) is 3.67. The van der Waals surface area contributed by atoms with Crippen LogP contribution in [0.2, 0.25) is 0 Å². The van der Waals surface area contributed by atoms with Crippen LogP contribution < -0.4 is 14.8 Å². The van der Waals surface area contributed by atoms with E-state index < -0.39 is 5.91 Å². The Morgan fingerprint density at radius 1 is 1.00 bits per heavy atom. The average molecular weight is 321 g/mol. The van der Waals surface area contributed by atoms with Gasteiger partial charge in [0.2, 0.25) is 5.88 Å². The Bertz CT molecular complexity index is 838. The summed E-state index contributed by atoms with van der Waals surface area (Å²) in [6, 6.07) is 16.3. The van der Waals surface area contributed by atoms with Gasteiger partial charge in [-0.15, -0.1) is 0 Å². The molecule has 1 N–H and O–H groups in total. The van der Waals surface area contributed by atoms with E-state index in [1.54, 1.807) is 37.4 Å². The number of nitrogens with one attached hydrogen (secondary N) is 1. The Balaban J connectivity index is 1.77. The predicted octanol–water partition coefficient (Wildman–Crippen LogP) is 3.53. The molecule has 3 rings (SSSR count). The number of amides is 1. The minimum absolute atomic E-state index is 0.148. The highest BCUT2D eigenvalue weighted by Crippen LogP contribution is 2.24. The van der Waals surface area contributed by atoms with Crippen molar-refractivity contribution in [1.82, 2.24) is 9.97 Å². The highest BCUT2D eigenvalue weighted by Gasteiger charge is 2.12. The molecule has 2 aromatic carbocycles. The number of hydrogen-bond acceptors (Lipinski definition) is 5. The highest BCUT2D eigenvalue weighted by molar-refractivity contribution is 6.03. The van der Waals surface area contributed by atoms with E-state index in [0.29, 0.717) is 17.2 Å². The van der Waals surface area contributed by atoms with Crippen LogP contribution in [0, 0.1) is 0 Å². The molecule has 0 atom stereocenters. The summed E-state index contributed by atoms with van der Waals surface area (Å²) >= 11 is 0. The van der Waals surface area contributed by atoms with Gasteiger partial charge >= 0.3 is 0 Å². The number of carbonyl (C=O) groups is 1. The fourth-order valence-corrected chi connectivity index (χ4v) is 2.05. The van der Waals surface area contributed by atoms with Gasteiger partial charge in [0.15, 0.2) is 5.69 Å². The summed E-state index contributed by atoms with van der Waals surface area (Å²) in [6.45, 7) is 0.